The van der Waals surface area contributed by atoms with Gasteiger partial charge in [-0.3, -0.25) is 0 Å². The highest BCUT2D eigenvalue weighted by molar-refractivity contribution is 9.10. The molecule has 1 unspecified atom stereocenters. The van der Waals surface area contributed by atoms with E-state index in [-0.39, 0.29) is 6.10 Å². The Morgan fingerprint density at radius 2 is 2.14 bits per heavy atom. The van der Waals surface area contributed by atoms with Crippen LogP contribution >= 0.6 is 39.9 Å². The van der Waals surface area contributed by atoms with Crippen molar-refractivity contribution in [2.24, 2.45) is 0 Å². The molecule has 108 valence electrons. The number of aromatic amines is 1. The van der Waals surface area contributed by atoms with E-state index in [2.05, 4.69) is 32.0 Å². The van der Waals surface area contributed by atoms with Gasteiger partial charge in [0, 0.05) is 22.3 Å². The number of H-pyrrole nitrogens is 1. The van der Waals surface area contributed by atoms with Crippen molar-refractivity contribution in [2.45, 2.75) is 29.8 Å². The van der Waals surface area contributed by atoms with Crippen LogP contribution in [0.4, 0.5) is 0 Å². The highest BCUT2D eigenvalue weighted by Crippen LogP contribution is 2.44. The third-order valence-electron chi connectivity index (χ3n) is 3.71. The first kappa shape index (κ1) is 13.8. The number of thioether (sulfide) groups is 1. The number of halogens is 1. The molecule has 1 aliphatic carbocycles. The quantitative estimate of drug-likeness (QED) is 0.743. The Kier molecular flexibility index (Phi) is 3.55. The zero-order chi connectivity index (χ0) is 14.4. The molecule has 1 aliphatic heterocycles. The monoisotopic (exact) mass is 380 g/mol. The van der Waals surface area contributed by atoms with Crippen LogP contribution < -0.4 is 4.74 Å². The van der Waals surface area contributed by atoms with Crippen LogP contribution in [0.25, 0.3) is 0 Å². The highest BCUT2D eigenvalue weighted by Gasteiger charge is 2.30. The van der Waals surface area contributed by atoms with Crippen LogP contribution in [0.2, 0.25) is 0 Å². The van der Waals surface area contributed by atoms with Crippen LogP contribution in [0.15, 0.2) is 33.6 Å². The fraction of sp³-hybridized carbons (Fsp3) is 0.333. The van der Waals surface area contributed by atoms with Gasteiger partial charge in [0.25, 0.3) is 0 Å². The van der Waals surface area contributed by atoms with Crippen molar-refractivity contribution in [1.82, 2.24) is 9.97 Å². The van der Waals surface area contributed by atoms with Gasteiger partial charge in [0.05, 0.1) is 4.47 Å². The lowest BCUT2D eigenvalue weighted by Gasteiger charge is -2.25. The molecular weight excluding hydrogens is 368 g/mol. The van der Waals surface area contributed by atoms with E-state index in [0.29, 0.717) is 10.6 Å². The summed E-state index contributed by atoms with van der Waals surface area (Å²) in [4.78, 5) is 9.15. The molecular formula is C15H13BrN2OS2. The molecule has 2 aromatic rings. The summed E-state index contributed by atoms with van der Waals surface area (Å²) in [6, 6.07) is 8.12. The normalized spacial score (nSPS) is 20.7. The molecule has 1 saturated carbocycles. The number of nitrogens with zero attached hydrogens (tertiary/aromatic N) is 1. The average Bonchev–Trinajstić information content (AvgIpc) is 3.34. The number of fused-ring (bicyclic) bond motifs is 1. The van der Waals surface area contributed by atoms with E-state index < -0.39 is 0 Å². The molecule has 1 aromatic heterocycles. The number of para-hydroxylation sites is 1. The first-order valence-corrected chi connectivity index (χ1v) is 9.09. The van der Waals surface area contributed by atoms with E-state index >= 15 is 0 Å². The molecule has 2 aliphatic rings. The number of ether oxygens (including phenoxy) is 1. The second-order valence-electron chi connectivity index (χ2n) is 5.29. The van der Waals surface area contributed by atoms with Crippen molar-refractivity contribution in [3.8, 4) is 5.75 Å². The van der Waals surface area contributed by atoms with Gasteiger partial charge in [0.15, 0.2) is 6.10 Å². The minimum absolute atomic E-state index is 0.0720. The van der Waals surface area contributed by atoms with Gasteiger partial charge in [-0.1, -0.05) is 24.4 Å². The predicted molar refractivity (Wildman–Crippen MR) is 89.6 cm³/mol. The van der Waals surface area contributed by atoms with Gasteiger partial charge in [-0.05, 0) is 40.9 Å². The van der Waals surface area contributed by atoms with E-state index in [9.17, 15) is 0 Å². The minimum Gasteiger partial charge on any atom is -0.480 e. The second-order valence-corrected chi connectivity index (χ2v) is 7.53. The maximum Gasteiger partial charge on any atom is 0.165 e. The Hall–Kier alpha value is -0.850. The number of hydrogen-bond acceptors (Lipinski definition) is 4. The molecule has 1 atom stereocenters. The topological polar surface area (TPSA) is 37.9 Å². The fourth-order valence-corrected chi connectivity index (χ4v) is 4.16. The Bertz CT molecular complexity index is 758. The molecule has 3 nitrogen and oxygen atoms in total. The zero-order valence-electron chi connectivity index (χ0n) is 11.1. The largest absolute Gasteiger partial charge is 0.480 e. The number of hydrogen-bond donors (Lipinski definition) is 1. The fourth-order valence-electron chi connectivity index (χ4n) is 2.45. The van der Waals surface area contributed by atoms with Gasteiger partial charge >= 0.3 is 0 Å². The van der Waals surface area contributed by atoms with Crippen LogP contribution in [0.3, 0.4) is 0 Å². The summed E-state index contributed by atoms with van der Waals surface area (Å²) >= 11 is 10.7. The van der Waals surface area contributed by atoms with Crippen molar-refractivity contribution >= 4 is 39.9 Å². The van der Waals surface area contributed by atoms with Crippen LogP contribution in [0, 0.1) is 4.64 Å². The molecule has 21 heavy (non-hydrogen) atoms. The van der Waals surface area contributed by atoms with Crippen molar-refractivity contribution in [3.05, 3.63) is 44.9 Å². The van der Waals surface area contributed by atoms with Gasteiger partial charge in [-0.2, -0.15) is 0 Å². The molecule has 6 heteroatoms. The van der Waals surface area contributed by atoms with E-state index in [4.69, 9.17) is 17.0 Å². The minimum atomic E-state index is -0.0720. The van der Waals surface area contributed by atoms with Crippen molar-refractivity contribution in [1.29, 1.82) is 0 Å². The molecule has 0 saturated heterocycles. The van der Waals surface area contributed by atoms with Crippen molar-refractivity contribution in [2.75, 3.05) is 5.75 Å². The summed E-state index contributed by atoms with van der Waals surface area (Å²) in [6.45, 7) is 0. The van der Waals surface area contributed by atoms with Gasteiger partial charge in [-0.25, -0.2) is 4.98 Å². The first-order valence-electron chi connectivity index (χ1n) is 6.90. The molecule has 0 amide bonds. The molecule has 1 fully saturated rings. The summed E-state index contributed by atoms with van der Waals surface area (Å²) < 4.78 is 7.65. The van der Waals surface area contributed by atoms with Gasteiger partial charge < -0.3 is 9.72 Å². The summed E-state index contributed by atoms with van der Waals surface area (Å²) in [5.74, 6) is 3.20. The highest BCUT2D eigenvalue weighted by atomic mass is 79.9. The summed E-state index contributed by atoms with van der Waals surface area (Å²) in [7, 11) is 0. The predicted octanol–water partition coefficient (Wildman–Crippen LogP) is 5.00. The van der Waals surface area contributed by atoms with E-state index in [1.807, 2.05) is 18.2 Å². The maximum atomic E-state index is 6.09. The number of aromatic nitrogens is 2. The SMILES string of the molecule is S=c1nc(C2CSc3ccccc3O2)[nH]c(C2CC2)c1Br. The molecule has 2 heterocycles. The Morgan fingerprint density at radius 3 is 2.95 bits per heavy atom. The smallest absolute Gasteiger partial charge is 0.165 e. The Balaban J connectivity index is 1.70. The number of nitrogens with one attached hydrogen (secondary N) is 1. The first-order chi connectivity index (χ1) is 10.2. The number of rotatable bonds is 2. The average molecular weight is 381 g/mol. The number of benzene rings is 1. The Morgan fingerprint density at radius 1 is 1.33 bits per heavy atom. The Labute approximate surface area is 140 Å². The van der Waals surface area contributed by atoms with Crippen molar-refractivity contribution in [3.63, 3.8) is 0 Å². The lowest BCUT2D eigenvalue weighted by molar-refractivity contribution is 0.209. The van der Waals surface area contributed by atoms with Gasteiger partial charge in [0.2, 0.25) is 0 Å². The summed E-state index contributed by atoms with van der Waals surface area (Å²) in [5.41, 5.74) is 1.18. The third-order valence-corrected chi connectivity index (χ3v) is 6.19. The van der Waals surface area contributed by atoms with Gasteiger partial charge in [-0.15, -0.1) is 11.8 Å². The van der Waals surface area contributed by atoms with Crippen LogP contribution in [-0.2, 0) is 0 Å². The molecule has 1 aromatic carbocycles. The molecule has 4 rings (SSSR count). The van der Waals surface area contributed by atoms with E-state index in [0.717, 1.165) is 21.8 Å². The molecule has 1 N–H and O–H groups in total. The maximum absolute atomic E-state index is 6.09. The van der Waals surface area contributed by atoms with E-state index in [1.165, 1.54) is 23.4 Å². The lowest BCUT2D eigenvalue weighted by Crippen LogP contribution is -2.18. The standard InChI is InChI=1S/C15H13BrN2OS2/c16-12-13(8-5-6-8)17-14(18-15(12)20)10-7-21-11-4-2-1-3-9(11)19-10/h1-4,8,10H,5-7H2,(H,17,18,20). The molecule has 0 spiro atoms. The molecule has 0 bridgehead atoms. The summed E-state index contributed by atoms with van der Waals surface area (Å²) in [6.07, 6.45) is 2.37. The van der Waals surface area contributed by atoms with Crippen LogP contribution in [-0.4, -0.2) is 15.7 Å². The summed E-state index contributed by atoms with van der Waals surface area (Å²) in [5, 5.41) is 0. The van der Waals surface area contributed by atoms with E-state index in [1.54, 1.807) is 11.8 Å². The van der Waals surface area contributed by atoms with Crippen LogP contribution in [0.5, 0.6) is 5.75 Å². The third kappa shape index (κ3) is 2.64. The van der Waals surface area contributed by atoms with Crippen molar-refractivity contribution < 1.29 is 4.74 Å². The van der Waals surface area contributed by atoms with Crippen LogP contribution in [0.1, 0.15) is 36.4 Å². The van der Waals surface area contributed by atoms with Gasteiger partial charge in [0.1, 0.15) is 16.2 Å². The zero-order valence-corrected chi connectivity index (χ0v) is 14.4. The second kappa shape index (κ2) is 5.41. The lowest BCUT2D eigenvalue weighted by atomic mass is 10.2. The molecule has 0 radical (unpaired) electrons.